The Morgan fingerprint density at radius 1 is 1.42 bits per heavy atom. The molecule has 3 heteroatoms. The standard InChI is InChI=1S/C9H18O3/c1-5-6(2)8(10)9(11)7(3)12-4/h5,7-11H,1-4H3. The van der Waals surface area contributed by atoms with Gasteiger partial charge in [0, 0.05) is 7.11 Å². The van der Waals surface area contributed by atoms with Gasteiger partial charge in [0.1, 0.15) is 12.2 Å². The summed E-state index contributed by atoms with van der Waals surface area (Å²) in [5.74, 6) is 0. The van der Waals surface area contributed by atoms with Gasteiger partial charge >= 0.3 is 0 Å². The molecule has 0 aliphatic carbocycles. The smallest absolute Gasteiger partial charge is 0.110 e. The van der Waals surface area contributed by atoms with E-state index in [2.05, 4.69) is 0 Å². The average Bonchev–Trinajstić information content (AvgIpc) is 2.12. The van der Waals surface area contributed by atoms with E-state index in [0.29, 0.717) is 0 Å². The fraction of sp³-hybridized carbons (Fsp3) is 0.778. The van der Waals surface area contributed by atoms with Gasteiger partial charge in [0.2, 0.25) is 0 Å². The quantitative estimate of drug-likeness (QED) is 0.617. The van der Waals surface area contributed by atoms with E-state index in [1.54, 1.807) is 19.9 Å². The van der Waals surface area contributed by atoms with E-state index in [1.807, 2.05) is 6.92 Å². The van der Waals surface area contributed by atoms with E-state index in [9.17, 15) is 10.2 Å². The van der Waals surface area contributed by atoms with Gasteiger partial charge in [-0.25, -0.2) is 0 Å². The fourth-order valence-corrected chi connectivity index (χ4v) is 0.836. The first-order chi connectivity index (χ1) is 5.54. The van der Waals surface area contributed by atoms with Crippen LogP contribution < -0.4 is 0 Å². The molecule has 0 saturated heterocycles. The van der Waals surface area contributed by atoms with Crippen LogP contribution in [0.1, 0.15) is 20.8 Å². The topological polar surface area (TPSA) is 49.7 Å². The lowest BCUT2D eigenvalue weighted by atomic mass is 10.0. The first-order valence-corrected chi connectivity index (χ1v) is 4.06. The van der Waals surface area contributed by atoms with Crippen LogP contribution in [0.2, 0.25) is 0 Å². The van der Waals surface area contributed by atoms with Crippen LogP contribution in [-0.4, -0.2) is 35.6 Å². The number of rotatable bonds is 4. The SMILES string of the molecule is CC=C(C)C(O)C(O)C(C)OC. The van der Waals surface area contributed by atoms with E-state index < -0.39 is 12.2 Å². The van der Waals surface area contributed by atoms with Crippen LogP contribution in [0.15, 0.2) is 11.6 Å². The monoisotopic (exact) mass is 174 g/mol. The van der Waals surface area contributed by atoms with Gasteiger partial charge in [-0.15, -0.1) is 0 Å². The molecule has 3 unspecified atom stereocenters. The number of aliphatic hydroxyl groups excluding tert-OH is 2. The van der Waals surface area contributed by atoms with Gasteiger partial charge in [0.05, 0.1) is 6.10 Å². The van der Waals surface area contributed by atoms with E-state index in [1.165, 1.54) is 7.11 Å². The summed E-state index contributed by atoms with van der Waals surface area (Å²) in [5.41, 5.74) is 0.756. The third-order valence-electron chi connectivity index (χ3n) is 2.10. The van der Waals surface area contributed by atoms with Crippen molar-refractivity contribution in [1.29, 1.82) is 0 Å². The van der Waals surface area contributed by atoms with Gasteiger partial charge in [0.25, 0.3) is 0 Å². The number of methoxy groups -OCH3 is 1. The lowest BCUT2D eigenvalue weighted by Gasteiger charge is -2.23. The van der Waals surface area contributed by atoms with E-state index in [0.717, 1.165) is 5.57 Å². The van der Waals surface area contributed by atoms with Gasteiger partial charge in [-0.3, -0.25) is 0 Å². The van der Waals surface area contributed by atoms with Crippen molar-refractivity contribution < 1.29 is 14.9 Å². The summed E-state index contributed by atoms with van der Waals surface area (Å²) in [4.78, 5) is 0. The van der Waals surface area contributed by atoms with Crippen molar-refractivity contribution in [1.82, 2.24) is 0 Å². The molecule has 0 aromatic heterocycles. The lowest BCUT2D eigenvalue weighted by molar-refractivity contribution is -0.0550. The van der Waals surface area contributed by atoms with E-state index >= 15 is 0 Å². The molecule has 72 valence electrons. The Bertz CT molecular complexity index is 154. The fourth-order valence-electron chi connectivity index (χ4n) is 0.836. The van der Waals surface area contributed by atoms with Crippen LogP contribution in [0.5, 0.6) is 0 Å². The predicted octanol–water partition coefficient (Wildman–Crippen LogP) is 0.709. The molecule has 0 spiro atoms. The van der Waals surface area contributed by atoms with Crippen molar-refractivity contribution >= 4 is 0 Å². The van der Waals surface area contributed by atoms with E-state index in [4.69, 9.17) is 4.74 Å². The van der Waals surface area contributed by atoms with Crippen LogP contribution in [0.3, 0.4) is 0 Å². The summed E-state index contributed by atoms with van der Waals surface area (Å²) in [6.07, 6.45) is -0.262. The maximum atomic E-state index is 9.49. The Balaban J connectivity index is 4.18. The highest BCUT2D eigenvalue weighted by molar-refractivity contribution is 5.06. The highest BCUT2D eigenvalue weighted by atomic mass is 16.5. The van der Waals surface area contributed by atoms with Crippen LogP contribution >= 0.6 is 0 Å². The second-order valence-electron chi connectivity index (χ2n) is 2.91. The maximum Gasteiger partial charge on any atom is 0.110 e. The zero-order valence-corrected chi connectivity index (χ0v) is 8.11. The van der Waals surface area contributed by atoms with Gasteiger partial charge in [-0.1, -0.05) is 6.08 Å². The lowest BCUT2D eigenvalue weighted by Crippen LogP contribution is -2.37. The molecule has 3 nitrogen and oxygen atoms in total. The second-order valence-corrected chi connectivity index (χ2v) is 2.91. The van der Waals surface area contributed by atoms with E-state index in [-0.39, 0.29) is 6.10 Å². The van der Waals surface area contributed by atoms with Crippen molar-refractivity contribution in [2.75, 3.05) is 7.11 Å². The summed E-state index contributed by atoms with van der Waals surface area (Å²) in [6.45, 7) is 5.32. The first-order valence-electron chi connectivity index (χ1n) is 4.06. The van der Waals surface area contributed by atoms with Crippen molar-refractivity contribution in [2.24, 2.45) is 0 Å². The largest absolute Gasteiger partial charge is 0.387 e. The van der Waals surface area contributed by atoms with Crippen LogP contribution in [-0.2, 0) is 4.74 Å². The first kappa shape index (κ1) is 11.6. The summed E-state index contributed by atoms with van der Waals surface area (Å²) >= 11 is 0. The highest BCUT2D eigenvalue weighted by Crippen LogP contribution is 2.10. The predicted molar refractivity (Wildman–Crippen MR) is 47.9 cm³/mol. The summed E-state index contributed by atoms with van der Waals surface area (Å²) in [5, 5.41) is 19.0. The van der Waals surface area contributed by atoms with Crippen molar-refractivity contribution in [3.8, 4) is 0 Å². The molecule has 0 aliphatic rings. The Morgan fingerprint density at radius 3 is 2.25 bits per heavy atom. The minimum Gasteiger partial charge on any atom is -0.387 e. The molecule has 0 fully saturated rings. The van der Waals surface area contributed by atoms with Gasteiger partial charge < -0.3 is 14.9 Å². The number of hydrogen-bond acceptors (Lipinski definition) is 3. The number of ether oxygens (including phenoxy) is 1. The molecule has 3 atom stereocenters. The molecule has 0 rings (SSSR count). The molecular weight excluding hydrogens is 156 g/mol. The minimum absolute atomic E-state index is 0.352. The zero-order chi connectivity index (χ0) is 9.72. The number of aliphatic hydroxyl groups is 2. The molecule has 0 aliphatic heterocycles. The van der Waals surface area contributed by atoms with Crippen LogP contribution in [0.25, 0.3) is 0 Å². The average molecular weight is 174 g/mol. The molecule has 2 N–H and O–H groups in total. The molecule has 0 aromatic rings. The Hall–Kier alpha value is -0.380. The second kappa shape index (κ2) is 5.30. The Kier molecular flexibility index (Phi) is 5.13. The molecule has 0 heterocycles. The van der Waals surface area contributed by atoms with Crippen molar-refractivity contribution in [3.63, 3.8) is 0 Å². The van der Waals surface area contributed by atoms with Gasteiger partial charge in [0.15, 0.2) is 0 Å². The molecule has 12 heavy (non-hydrogen) atoms. The van der Waals surface area contributed by atoms with Crippen LogP contribution in [0.4, 0.5) is 0 Å². The molecule has 0 radical (unpaired) electrons. The van der Waals surface area contributed by atoms with Crippen molar-refractivity contribution in [3.05, 3.63) is 11.6 Å². The molecule has 0 saturated carbocycles. The molecule has 0 amide bonds. The Labute approximate surface area is 73.7 Å². The third-order valence-corrected chi connectivity index (χ3v) is 2.10. The number of allylic oxidation sites excluding steroid dienone is 1. The molecule has 0 aromatic carbocycles. The summed E-state index contributed by atoms with van der Waals surface area (Å²) in [6, 6.07) is 0. The normalized spacial score (nSPS) is 20.3. The highest BCUT2D eigenvalue weighted by Gasteiger charge is 2.23. The van der Waals surface area contributed by atoms with Gasteiger partial charge in [-0.2, -0.15) is 0 Å². The molecular formula is C9H18O3. The molecule has 0 bridgehead atoms. The summed E-state index contributed by atoms with van der Waals surface area (Å²) < 4.78 is 4.89. The summed E-state index contributed by atoms with van der Waals surface area (Å²) in [7, 11) is 1.51. The third kappa shape index (κ3) is 2.93. The van der Waals surface area contributed by atoms with Gasteiger partial charge in [-0.05, 0) is 26.3 Å². The zero-order valence-electron chi connectivity index (χ0n) is 8.11. The van der Waals surface area contributed by atoms with Crippen LogP contribution in [0, 0.1) is 0 Å². The van der Waals surface area contributed by atoms with Crippen molar-refractivity contribution in [2.45, 2.75) is 39.1 Å². The number of hydrogen-bond donors (Lipinski definition) is 2. The maximum absolute atomic E-state index is 9.49. The Morgan fingerprint density at radius 2 is 1.92 bits per heavy atom. The minimum atomic E-state index is -0.855.